The summed E-state index contributed by atoms with van der Waals surface area (Å²) < 4.78 is 29.4. The van der Waals surface area contributed by atoms with Crippen molar-refractivity contribution in [2.45, 2.75) is 38.3 Å². The number of fused-ring (bicyclic) bond motifs is 1. The molecule has 3 aromatic carbocycles. The highest BCUT2D eigenvalue weighted by Gasteiger charge is 2.40. The molecule has 2 aliphatic heterocycles. The van der Waals surface area contributed by atoms with Crippen LogP contribution in [0.3, 0.4) is 0 Å². The number of likely N-dealkylation sites (tertiary alicyclic amines) is 1. The standard InChI is InChI=1S/C40H52N2O7/c1-41(27-31-10-7-6-8-11-31)21-18-32(28-41)29-49-40(44)17-16-39(43)48-23-9-20-42(2)22-19-33-25-37(46-4)38(47-5)26-35(33)36(42)24-30-12-14-34(45-3)15-13-30/h6-8,10-17,25-26,32,36H,9,18-24,27-29H2,1-5H3/q+2/b17-16-. The average molecular weight is 673 g/mol. The number of hydrogen-bond acceptors (Lipinski definition) is 7. The van der Waals surface area contributed by atoms with Crippen LogP contribution in [0.4, 0.5) is 0 Å². The van der Waals surface area contributed by atoms with Crippen LogP contribution in [0.5, 0.6) is 17.2 Å². The van der Waals surface area contributed by atoms with Crippen LogP contribution in [0, 0.1) is 5.92 Å². The van der Waals surface area contributed by atoms with Gasteiger partial charge in [-0.3, -0.25) is 0 Å². The number of methoxy groups -OCH3 is 3. The molecule has 0 amide bonds. The lowest BCUT2D eigenvalue weighted by Crippen LogP contribution is -2.52. The third kappa shape index (κ3) is 9.43. The minimum atomic E-state index is -0.539. The lowest BCUT2D eigenvalue weighted by Gasteiger charge is -2.46. The summed E-state index contributed by atoms with van der Waals surface area (Å²) in [6.45, 7) is 5.35. The molecule has 5 rings (SSSR count). The Morgan fingerprint density at radius 1 is 0.816 bits per heavy atom. The average Bonchev–Trinajstić information content (AvgIpc) is 3.49. The second-order valence-corrected chi connectivity index (χ2v) is 14.0. The number of benzene rings is 3. The number of esters is 2. The van der Waals surface area contributed by atoms with Gasteiger partial charge in [-0.15, -0.1) is 0 Å². The van der Waals surface area contributed by atoms with E-state index in [-0.39, 0.29) is 12.6 Å². The van der Waals surface area contributed by atoms with Crippen molar-refractivity contribution in [2.75, 3.05) is 74.8 Å². The molecular formula is C40H52N2O7+2. The van der Waals surface area contributed by atoms with Gasteiger partial charge in [0.25, 0.3) is 0 Å². The number of nitrogens with zero attached hydrogens (tertiary/aromatic N) is 2. The summed E-state index contributed by atoms with van der Waals surface area (Å²) in [6, 6.07) is 23.1. The molecule has 1 saturated heterocycles. The number of hydrogen-bond donors (Lipinski definition) is 0. The monoisotopic (exact) mass is 672 g/mol. The molecule has 0 spiro atoms. The van der Waals surface area contributed by atoms with E-state index < -0.39 is 11.9 Å². The van der Waals surface area contributed by atoms with Gasteiger partial charge >= 0.3 is 11.9 Å². The van der Waals surface area contributed by atoms with E-state index in [1.54, 1.807) is 21.3 Å². The number of carbonyl (C=O) groups excluding carboxylic acids is 2. The summed E-state index contributed by atoms with van der Waals surface area (Å²) >= 11 is 0. The van der Waals surface area contributed by atoms with Crippen molar-refractivity contribution in [3.05, 3.63) is 101 Å². The van der Waals surface area contributed by atoms with E-state index in [1.165, 1.54) is 34.4 Å². The van der Waals surface area contributed by atoms with Crippen molar-refractivity contribution in [2.24, 2.45) is 5.92 Å². The van der Waals surface area contributed by atoms with E-state index in [9.17, 15) is 9.59 Å². The van der Waals surface area contributed by atoms with Gasteiger partial charge in [-0.25, -0.2) is 9.59 Å². The van der Waals surface area contributed by atoms with E-state index in [4.69, 9.17) is 23.7 Å². The van der Waals surface area contributed by atoms with Gasteiger partial charge in [-0.2, -0.15) is 0 Å². The molecular weight excluding hydrogens is 620 g/mol. The van der Waals surface area contributed by atoms with Gasteiger partial charge in [0, 0.05) is 54.9 Å². The van der Waals surface area contributed by atoms with Gasteiger partial charge < -0.3 is 32.7 Å². The van der Waals surface area contributed by atoms with Crippen LogP contribution in [0.25, 0.3) is 0 Å². The maximum absolute atomic E-state index is 12.5. The van der Waals surface area contributed by atoms with Gasteiger partial charge in [-0.1, -0.05) is 42.5 Å². The van der Waals surface area contributed by atoms with Crippen LogP contribution in [0.2, 0.25) is 0 Å². The normalized spacial score (nSPS) is 23.1. The highest BCUT2D eigenvalue weighted by molar-refractivity contribution is 5.91. The van der Waals surface area contributed by atoms with E-state index in [0.717, 1.165) is 78.2 Å². The topological polar surface area (TPSA) is 80.3 Å². The Balaban J connectivity index is 1.11. The fourth-order valence-electron chi connectivity index (χ4n) is 7.55. The van der Waals surface area contributed by atoms with Crippen LogP contribution in [0.1, 0.15) is 41.1 Å². The Morgan fingerprint density at radius 3 is 2.20 bits per heavy atom. The summed E-state index contributed by atoms with van der Waals surface area (Å²) in [7, 11) is 9.54. The smallest absolute Gasteiger partial charge is 0.331 e. The molecule has 3 aromatic rings. The predicted molar refractivity (Wildman–Crippen MR) is 188 cm³/mol. The van der Waals surface area contributed by atoms with E-state index in [2.05, 4.69) is 62.6 Å². The minimum absolute atomic E-state index is 0.164. The van der Waals surface area contributed by atoms with E-state index in [1.807, 2.05) is 18.2 Å². The largest absolute Gasteiger partial charge is 0.497 e. The highest BCUT2D eigenvalue weighted by atomic mass is 16.5. The zero-order valence-electron chi connectivity index (χ0n) is 29.7. The van der Waals surface area contributed by atoms with Crippen molar-refractivity contribution in [3.63, 3.8) is 0 Å². The summed E-state index contributed by atoms with van der Waals surface area (Å²) in [5.74, 6) is 1.54. The maximum atomic E-state index is 12.5. The molecule has 4 unspecified atom stereocenters. The third-order valence-corrected chi connectivity index (χ3v) is 10.3. The van der Waals surface area contributed by atoms with Crippen molar-refractivity contribution in [3.8, 4) is 17.2 Å². The number of likely N-dealkylation sites (N-methyl/N-ethyl adjacent to an activating group) is 1. The first kappa shape index (κ1) is 36.0. The number of ether oxygens (including phenoxy) is 5. The van der Waals surface area contributed by atoms with Crippen molar-refractivity contribution >= 4 is 11.9 Å². The first-order chi connectivity index (χ1) is 23.6. The molecule has 0 aliphatic carbocycles. The molecule has 0 N–H and O–H groups in total. The molecule has 0 bridgehead atoms. The Hall–Kier alpha value is -4.34. The van der Waals surface area contributed by atoms with Crippen molar-refractivity contribution < 1.29 is 42.2 Å². The van der Waals surface area contributed by atoms with Crippen LogP contribution < -0.4 is 14.2 Å². The maximum Gasteiger partial charge on any atom is 0.331 e. The second-order valence-electron chi connectivity index (χ2n) is 14.0. The van der Waals surface area contributed by atoms with Gasteiger partial charge in [0.05, 0.1) is 68.2 Å². The molecule has 0 aromatic heterocycles. The molecule has 2 aliphatic rings. The first-order valence-electron chi connectivity index (χ1n) is 17.2. The molecule has 9 heteroatoms. The van der Waals surface area contributed by atoms with E-state index >= 15 is 0 Å². The fraction of sp³-hybridized carbons (Fsp3) is 0.450. The van der Waals surface area contributed by atoms with E-state index in [0.29, 0.717) is 18.9 Å². The number of carbonyl (C=O) groups is 2. The van der Waals surface area contributed by atoms with Crippen LogP contribution in [-0.4, -0.2) is 95.7 Å². The summed E-state index contributed by atoms with van der Waals surface area (Å²) in [4.78, 5) is 24.9. The summed E-state index contributed by atoms with van der Waals surface area (Å²) in [5, 5.41) is 0. The summed E-state index contributed by atoms with van der Waals surface area (Å²) in [5.41, 5.74) is 5.05. The molecule has 0 saturated carbocycles. The predicted octanol–water partition coefficient (Wildman–Crippen LogP) is 5.70. The van der Waals surface area contributed by atoms with Crippen LogP contribution >= 0.6 is 0 Å². The molecule has 1 fully saturated rings. The second kappa shape index (κ2) is 16.4. The van der Waals surface area contributed by atoms with Gasteiger partial charge in [0.15, 0.2) is 11.5 Å². The zero-order valence-corrected chi connectivity index (χ0v) is 29.7. The summed E-state index contributed by atoms with van der Waals surface area (Å²) in [6.07, 6.45) is 5.78. The highest BCUT2D eigenvalue weighted by Crippen LogP contribution is 2.42. The fourth-order valence-corrected chi connectivity index (χ4v) is 7.55. The molecule has 49 heavy (non-hydrogen) atoms. The SMILES string of the molecule is COc1ccc(CC2c3cc(OC)c(OC)cc3CC[N+]2(C)CCCOC(=O)/C=C\C(=O)OCC2CC[N+](C)(Cc3ccccc3)C2)cc1. The molecule has 262 valence electrons. The number of quaternary nitrogens is 2. The Labute approximate surface area is 291 Å². The number of rotatable bonds is 15. The van der Waals surface area contributed by atoms with Gasteiger partial charge in [0.2, 0.25) is 0 Å². The minimum Gasteiger partial charge on any atom is -0.497 e. The van der Waals surface area contributed by atoms with Crippen LogP contribution in [-0.2, 0) is 38.4 Å². The van der Waals surface area contributed by atoms with Crippen molar-refractivity contribution in [1.29, 1.82) is 0 Å². The van der Waals surface area contributed by atoms with Gasteiger partial charge in [-0.05, 0) is 35.4 Å². The molecule has 9 nitrogen and oxygen atoms in total. The molecule has 4 atom stereocenters. The van der Waals surface area contributed by atoms with Crippen LogP contribution in [0.15, 0.2) is 78.9 Å². The quantitative estimate of drug-likeness (QED) is 0.0888. The third-order valence-electron chi connectivity index (χ3n) is 10.3. The Bertz CT molecular complexity index is 1590. The first-order valence-corrected chi connectivity index (χ1v) is 17.2. The Kier molecular flexibility index (Phi) is 12.0. The van der Waals surface area contributed by atoms with Crippen molar-refractivity contribution in [1.82, 2.24) is 0 Å². The molecule has 2 heterocycles. The Morgan fingerprint density at radius 2 is 1.51 bits per heavy atom. The lowest BCUT2D eigenvalue weighted by atomic mass is 9.86. The lowest BCUT2D eigenvalue weighted by molar-refractivity contribution is -0.941. The van der Waals surface area contributed by atoms with Gasteiger partial charge in [0.1, 0.15) is 24.9 Å². The molecule has 0 radical (unpaired) electrons. The zero-order chi connectivity index (χ0) is 34.9.